The fourth-order valence-corrected chi connectivity index (χ4v) is 10.4. The van der Waals surface area contributed by atoms with Crippen molar-refractivity contribution >= 4 is 5.97 Å². The first-order chi connectivity index (χ1) is 22.1. The zero-order valence-corrected chi connectivity index (χ0v) is 30.4. The van der Waals surface area contributed by atoms with Crippen LogP contribution in [0.3, 0.4) is 0 Å². The summed E-state index contributed by atoms with van der Waals surface area (Å²) in [6.07, 6.45) is 12.4. The van der Waals surface area contributed by atoms with Crippen molar-refractivity contribution in [2.45, 2.75) is 131 Å². The molecular weight excluding hydrogens is 584 g/mol. The van der Waals surface area contributed by atoms with Gasteiger partial charge >= 0.3 is 5.97 Å². The van der Waals surface area contributed by atoms with Crippen molar-refractivity contribution < 1.29 is 38.0 Å². The van der Waals surface area contributed by atoms with Crippen molar-refractivity contribution in [2.24, 2.45) is 46.3 Å². The van der Waals surface area contributed by atoms with Gasteiger partial charge in [0.05, 0.1) is 24.9 Å². The van der Waals surface area contributed by atoms with E-state index in [1.54, 1.807) is 0 Å². The summed E-state index contributed by atoms with van der Waals surface area (Å²) in [5.74, 6) is 2.86. The van der Waals surface area contributed by atoms with Crippen LogP contribution >= 0.6 is 0 Å². The molecule has 0 aromatic carbocycles. The van der Waals surface area contributed by atoms with E-state index in [-0.39, 0.29) is 35.1 Å². The third-order valence-corrected chi connectivity index (χ3v) is 12.8. The van der Waals surface area contributed by atoms with E-state index in [0.717, 1.165) is 38.5 Å². The zero-order chi connectivity index (χ0) is 33.3. The molecule has 0 bridgehead atoms. The molecule has 0 aromatic rings. The van der Waals surface area contributed by atoms with Gasteiger partial charge in [0.25, 0.3) is 0 Å². The van der Waals surface area contributed by atoms with E-state index in [9.17, 15) is 4.79 Å². The van der Waals surface area contributed by atoms with Gasteiger partial charge in [-0.25, -0.2) is 4.79 Å². The summed E-state index contributed by atoms with van der Waals surface area (Å²) in [4.78, 5) is 12.2. The fourth-order valence-electron chi connectivity index (χ4n) is 10.4. The molecule has 0 aliphatic heterocycles. The molecule has 11 atom stereocenters. The number of rotatable bonds is 18. The normalized spacial score (nSPS) is 38.1. The Morgan fingerprint density at radius 3 is 2.17 bits per heavy atom. The average molecular weight is 651 g/mol. The molecule has 0 saturated heterocycles. The number of fused-ring (bicyclic) bond motifs is 5. The Hall–Kier alpha value is -1.03. The Balaban J connectivity index is 1.60. The average Bonchev–Trinajstić information content (AvgIpc) is 3.40. The van der Waals surface area contributed by atoms with Gasteiger partial charge in [-0.15, -0.1) is 0 Å². The third-order valence-electron chi connectivity index (χ3n) is 12.8. The highest BCUT2D eigenvalue weighted by molar-refractivity contribution is 5.87. The number of allylic oxidation sites excluding steroid dienone is 1. The Morgan fingerprint density at radius 1 is 0.826 bits per heavy atom. The molecule has 3 unspecified atom stereocenters. The molecule has 8 nitrogen and oxygen atoms in total. The van der Waals surface area contributed by atoms with Crippen molar-refractivity contribution in [3.8, 4) is 0 Å². The number of ether oxygens (including phenoxy) is 7. The van der Waals surface area contributed by atoms with Gasteiger partial charge in [-0.1, -0.05) is 26.8 Å². The van der Waals surface area contributed by atoms with Gasteiger partial charge in [0.1, 0.15) is 20.4 Å². The minimum absolute atomic E-state index is 0.0197. The van der Waals surface area contributed by atoms with Gasteiger partial charge in [-0.2, -0.15) is 0 Å². The molecule has 4 rings (SSSR count). The third kappa shape index (κ3) is 8.22. The summed E-state index contributed by atoms with van der Waals surface area (Å²) in [6, 6.07) is 0. The van der Waals surface area contributed by atoms with Crippen LogP contribution in [0.25, 0.3) is 0 Å². The Kier molecular flexibility index (Phi) is 14.4. The van der Waals surface area contributed by atoms with Crippen LogP contribution in [0.5, 0.6) is 0 Å². The summed E-state index contributed by atoms with van der Waals surface area (Å²) < 4.78 is 42.2. The summed E-state index contributed by atoms with van der Waals surface area (Å²) in [5.41, 5.74) is 0.946. The summed E-state index contributed by atoms with van der Waals surface area (Å²) in [7, 11) is 0. The predicted molar refractivity (Wildman–Crippen MR) is 179 cm³/mol. The molecule has 4 aliphatic rings. The van der Waals surface area contributed by atoms with Crippen molar-refractivity contribution in [1.29, 1.82) is 0 Å². The lowest BCUT2D eigenvalue weighted by molar-refractivity contribution is -0.252. The smallest absolute Gasteiger partial charge is 0.333 e. The second-order valence-electron chi connectivity index (χ2n) is 14.9. The van der Waals surface area contributed by atoms with Gasteiger partial charge in [0.2, 0.25) is 0 Å². The van der Waals surface area contributed by atoms with Crippen molar-refractivity contribution in [1.82, 2.24) is 0 Å². The molecule has 0 spiro atoms. The molecule has 46 heavy (non-hydrogen) atoms. The Morgan fingerprint density at radius 2 is 1.50 bits per heavy atom. The molecule has 8 heteroatoms. The summed E-state index contributed by atoms with van der Waals surface area (Å²) in [6.45, 7) is 20.8. The van der Waals surface area contributed by atoms with Crippen LogP contribution in [-0.2, 0) is 38.0 Å². The predicted octanol–water partition coefficient (Wildman–Crippen LogP) is 7.93. The lowest BCUT2D eigenvalue weighted by atomic mass is 9.43. The molecule has 4 fully saturated rings. The van der Waals surface area contributed by atoms with Crippen LogP contribution in [-0.4, -0.2) is 71.1 Å². The van der Waals surface area contributed by atoms with E-state index in [0.29, 0.717) is 87.9 Å². The van der Waals surface area contributed by atoms with Crippen molar-refractivity contribution in [2.75, 3.05) is 46.8 Å². The minimum atomic E-state index is -0.206. The maximum Gasteiger partial charge on any atom is 0.333 e. The van der Waals surface area contributed by atoms with Gasteiger partial charge < -0.3 is 33.2 Å². The van der Waals surface area contributed by atoms with Crippen molar-refractivity contribution in [3.05, 3.63) is 11.6 Å². The van der Waals surface area contributed by atoms with E-state index in [2.05, 4.69) is 26.8 Å². The van der Waals surface area contributed by atoms with Crippen LogP contribution in [0.4, 0.5) is 0 Å². The molecule has 0 radical (unpaired) electrons. The van der Waals surface area contributed by atoms with Crippen LogP contribution < -0.4 is 0 Å². The molecule has 4 saturated carbocycles. The SMILES string of the molecule is CCOCO[C@@H]1CC[C@]2(C)C3C[C@H](OCOCC)[C@@]4(C)C(CC[C@@H]4[C@H](C)CC/C=C(\C)C(=O)OCC)C3[C@H](OCOCC)C[C@@H]2C1. The number of esters is 1. The van der Waals surface area contributed by atoms with E-state index in [1.807, 2.05) is 34.6 Å². The first-order valence-electron chi connectivity index (χ1n) is 18.6. The fraction of sp³-hybridized carbons (Fsp3) is 0.921. The molecule has 4 aliphatic carbocycles. The lowest BCUT2D eigenvalue weighted by Crippen LogP contribution is -2.63. The number of hydrogen-bond donors (Lipinski definition) is 0. The van der Waals surface area contributed by atoms with Gasteiger partial charge in [0.15, 0.2) is 0 Å². The second-order valence-corrected chi connectivity index (χ2v) is 14.9. The first-order valence-corrected chi connectivity index (χ1v) is 18.6. The summed E-state index contributed by atoms with van der Waals surface area (Å²) >= 11 is 0. The number of hydrogen-bond acceptors (Lipinski definition) is 8. The molecule has 0 amide bonds. The van der Waals surface area contributed by atoms with E-state index < -0.39 is 0 Å². The van der Waals surface area contributed by atoms with Crippen LogP contribution in [0.15, 0.2) is 11.6 Å². The summed E-state index contributed by atoms with van der Waals surface area (Å²) in [5, 5.41) is 0. The number of carbonyl (C=O) groups excluding carboxylic acids is 1. The number of carbonyl (C=O) groups is 1. The van der Waals surface area contributed by atoms with Gasteiger partial charge in [-0.05, 0) is 133 Å². The van der Waals surface area contributed by atoms with E-state index in [1.165, 1.54) is 19.3 Å². The maximum absolute atomic E-state index is 12.2. The minimum Gasteiger partial charge on any atom is -0.463 e. The van der Waals surface area contributed by atoms with Crippen LogP contribution in [0.2, 0.25) is 0 Å². The largest absolute Gasteiger partial charge is 0.463 e. The standard InChI is InChI=1S/C38H66O8/c1-9-40-23-44-29-18-19-37(7)28(20-29)21-33(45-24-41-10-2)35-31-17-16-30(26(5)14-13-15-27(6)36(39)43-12-4)38(31,8)34(22-32(35)37)46-25-42-11-3/h15,26,28-35H,9-14,16-25H2,1-8H3/b27-15+/t26-,28+,29-,30-,31?,32?,33-,34+,35?,37+,38-/m1/s1. The Bertz CT molecular complexity index is 970. The monoisotopic (exact) mass is 650 g/mol. The van der Waals surface area contributed by atoms with Crippen LogP contribution in [0, 0.1) is 46.3 Å². The maximum atomic E-state index is 12.2. The second kappa shape index (κ2) is 17.6. The first kappa shape index (κ1) is 37.8. The molecular formula is C38H66O8. The highest BCUT2D eigenvalue weighted by atomic mass is 16.7. The van der Waals surface area contributed by atoms with Gasteiger partial charge in [0, 0.05) is 30.8 Å². The zero-order valence-electron chi connectivity index (χ0n) is 30.4. The van der Waals surface area contributed by atoms with E-state index >= 15 is 0 Å². The molecule has 0 heterocycles. The molecule has 0 N–H and O–H groups in total. The van der Waals surface area contributed by atoms with Gasteiger partial charge in [-0.3, -0.25) is 0 Å². The van der Waals surface area contributed by atoms with Crippen molar-refractivity contribution in [3.63, 3.8) is 0 Å². The van der Waals surface area contributed by atoms with Crippen LogP contribution in [0.1, 0.15) is 113 Å². The van der Waals surface area contributed by atoms with E-state index in [4.69, 9.17) is 33.2 Å². The molecule has 0 aromatic heterocycles. The Labute approximate surface area is 279 Å². The highest BCUT2D eigenvalue weighted by Crippen LogP contribution is 2.69. The topological polar surface area (TPSA) is 81.7 Å². The lowest BCUT2D eigenvalue weighted by Gasteiger charge is -2.64. The quantitative estimate of drug-likeness (QED) is 0.0641. The highest BCUT2D eigenvalue weighted by Gasteiger charge is 2.66. The molecule has 266 valence electrons.